The van der Waals surface area contributed by atoms with Gasteiger partial charge in [0.2, 0.25) is 0 Å². The third kappa shape index (κ3) is 3.90. The van der Waals surface area contributed by atoms with Crippen LogP contribution in [0, 0.1) is 0 Å². The fraction of sp³-hybridized carbons (Fsp3) is 0.235. The second kappa shape index (κ2) is 7.57. The summed E-state index contributed by atoms with van der Waals surface area (Å²) in [6, 6.07) is 17.2. The Morgan fingerprint density at radius 2 is 1.71 bits per heavy atom. The monoisotopic (exact) mass is 284 g/mol. The molecule has 0 aliphatic heterocycles. The van der Waals surface area contributed by atoms with Gasteiger partial charge in [0.15, 0.2) is 6.10 Å². The molecule has 0 aromatic heterocycles. The van der Waals surface area contributed by atoms with E-state index in [9.17, 15) is 4.79 Å². The zero-order valence-electron chi connectivity index (χ0n) is 12.1. The number of carbonyl (C=O) groups is 1. The van der Waals surface area contributed by atoms with E-state index in [0.717, 1.165) is 16.7 Å². The maximum atomic E-state index is 12.3. The maximum absolute atomic E-state index is 12.3. The molecule has 0 radical (unpaired) electrons. The van der Waals surface area contributed by atoms with Crippen molar-refractivity contribution in [1.29, 1.82) is 0 Å². The van der Waals surface area contributed by atoms with Gasteiger partial charge in [0.1, 0.15) is 0 Å². The summed E-state index contributed by atoms with van der Waals surface area (Å²) in [5, 5.41) is 2.90. The molecule has 0 saturated carbocycles. The van der Waals surface area contributed by atoms with E-state index in [0.29, 0.717) is 13.1 Å². The lowest BCUT2D eigenvalue weighted by molar-refractivity contribution is -0.131. The third-order valence-electron chi connectivity index (χ3n) is 3.37. The van der Waals surface area contributed by atoms with Crippen molar-refractivity contribution in [3.05, 3.63) is 71.3 Å². The van der Waals surface area contributed by atoms with Crippen molar-refractivity contribution >= 4 is 5.91 Å². The Balaban J connectivity index is 2.03. The first-order valence-electron chi connectivity index (χ1n) is 6.88. The average Bonchev–Trinajstić information content (AvgIpc) is 2.55. The molecular formula is C17H20N2O2. The number of methoxy groups -OCH3 is 1. The van der Waals surface area contributed by atoms with Crippen LogP contribution in [-0.4, -0.2) is 13.0 Å². The van der Waals surface area contributed by atoms with Crippen molar-refractivity contribution in [2.45, 2.75) is 19.2 Å². The van der Waals surface area contributed by atoms with Gasteiger partial charge in [-0.25, -0.2) is 0 Å². The highest BCUT2D eigenvalue weighted by atomic mass is 16.5. The molecule has 4 heteroatoms. The summed E-state index contributed by atoms with van der Waals surface area (Å²) < 4.78 is 5.31. The zero-order valence-corrected chi connectivity index (χ0v) is 12.1. The molecule has 2 rings (SSSR count). The second-order valence-corrected chi connectivity index (χ2v) is 4.72. The highest BCUT2D eigenvalue weighted by Crippen LogP contribution is 2.16. The van der Waals surface area contributed by atoms with Gasteiger partial charge in [-0.2, -0.15) is 0 Å². The van der Waals surface area contributed by atoms with Crippen LogP contribution >= 0.6 is 0 Å². The molecule has 0 spiro atoms. The van der Waals surface area contributed by atoms with Gasteiger partial charge >= 0.3 is 0 Å². The van der Waals surface area contributed by atoms with E-state index in [1.807, 2.05) is 54.6 Å². The molecule has 4 nitrogen and oxygen atoms in total. The van der Waals surface area contributed by atoms with E-state index in [1.165, 1.54) is 7.11 Å². The van der Waals surface area contributed by atoms with Crippen LogP contribution in [-0.2, 0) is 22.6 Å². The van der Waals surface area contributed by atoms with Crippen molar-refractivity contribution < 1.29 is 9.53 Å². The number of carbonyl (C=O) groups excluding carboxylic acids is 1. The highest BCUT2D eigenvalue weighted by molar-refractivity contribution is 5.82. The first-order chi connectivity index (χ1) is 10.3. The van der Waals surface area contributed by atoms with Crippen molar-refractivity contribution in [2.24, 2.45) is 5.73 Å². The summed E-state index contributed by atoms with van der Waals surface area (Å²) in [6.45, 7) is 0.900. The molecule has 1 unspecified atom stereocenters. The summed E-state index contributed by atoms with van der Waals surface area (Å²) in [4.78, 5) is 12.3. The number of hydrogen-bond acceptors (Lipinski definition) is 3. The van der Waals surface area contributed by atoms with Gasteiger partial charge in [-0.15, -0.1) is 0 Å². The fourth-order valence-electron chi connectivity index (χ4n) is 2.23. The molecular weight excluding hydrogens is 264 g/mol. The molecule has 0 bridgehead atoms. The van der Waals surface area contributed by atoms with Gasteiger partial charge in [-0.1, -0.05) is 54.6 Å². The first-order valence-corrected chi connectivity index (χ1v) is 6.88. The van der Waals surface area contributed by atoms with E-state index in [2.05, 4.69) is 5.32 Å². The van der Waals surface area contributed by atoms with Crippen molar-refractivity contribution in [3.8, 4) is 0 Å². The van der Waals surface area contributed by atoms with Crippen LogP contribution in [0.5, 0.6) is 0 Å². The van der Waals surface area contributed by atoms with Crippen LogP contribution < -0.4 is 11.1 Å². The zero-order chi connectivity index (χ0) is 15.1. The van der Waals surface area contributed by atoms with E-state index in [4.69, 9.17) is 10.5 Å². The standard InChI is InChI=1S/C17H20N2O2/c1-21-16(13-7-3-2-4-8-13)17(20)19-12-15-10-6-5-9-14(15)11-18/h2-10,16H,11-12,18H2,1H3,(H,19,20). The van der Waals surface area contributed by atoms with Gasteiger partial charge in [0.05, 0.1) is 0 Å². The van der Waals surface area contributed by atoms with E-state index < -0.39 is 6.10 Å². The summed E-state index contributed by atoms with van der Waals surface area (Å²) in [7, 11) is 1.53. The first kappa shape index (κ1) is 15.2. The quantitative estimate of drug-likeness (QED) is 0.854. The minimum Gasteiger partial charge on any atom is -0.367 e. The smallest absolute Gasteiger partial charge is 0.254 e. The average molecular weight is 284 g/mol. The van der Waals surface area contributed by atoms with Crippen LogP contribution in [0.3, 0.4) is 0 Å². The molecule has 3 N–H and O–H groups in total. The Morgan fingerprint density at radius 3 is 2.33 bits per heavy atom. The number of rotatable bonds is 6. The maximum Gasteiger partial charge on any atom is 0.254 e. The van der Waals surface area contributed by atoms with E-state index >= 15 is 0 Å². The predicted molar refractivity (Wildman–Crippen MR) is 82.4 cm³/mol. The Bertz CT molecular complexity index is 584. The number of hydrogen-bond donors (Lipinski definition) is 2. The molecule has 21 heavy (non-hydrogen) atoms. The van der Waals surface area contributed by atoms with E-state index in [1.54, 1.807) is 0 Å². The number of nitrogens with one attached hydrogen (secondary N) is 1. The number of ether oxygens (including phenoxy) is 1. The van der Waals surface area contributed by atoms with Crippen LogP contribution in [0.4, 0.5) is 0 Å². The molecule has 0 aliphatic rings. The van der Waals surface area contributed by atoms with Gasteiger partial charge < -0.3 is 15.8 Å². The number of amides is 1. The van der Waals surface area contributed by atoms with Crippen LogP contribution in [0.1, 0.15) is 22.8 Å². The molecule has 0 heterocycles. The Hall–Kier alpha value is -2.17. The van der Waals surface area contributed by atoms with Crippen LogP contribution in [0.25, 0.3) is 0 Å². The Kier molecular flexibility index (Phi) is 5.49. The molecule has 1 amide bonds. The van der Waals surface area contributed by atoms with Gasteiger partial charge in [-0.3, -0.25) is 4.79 Å². The van der Waals surface area contributed by atoms with Gasteiger partial charge in [0, 0.05) is 20.2 Å². The van der Waals surface area contributed by atoms with Crippen LogP contribution in [0.2, 0.25) is 0 Å². The topological polar surface area (TPSA) is 64.3 Å². The molecule has 0 saturated heterocycles. The van der Waals surface area contributed by atoms with Crippen molar-refractivity contribution in [1.82, 2.24) is 5.32 Å². The molecule has 2 aromatic rings. The lowest BCUT2D eigenvalue weighted by Crippen LogP contribution is -2.30. The Labute approximate surface area is 124 Å². The Morgan fingerprint density at radius 1 is 1.10 bits per heavy atom. The largest absolute Gasteiger partial charge is 0.367 e. The highest BCUT2D eigenvalue weighted by Gasteiger charge is 2.19. The molecule has 2 aromatic carbocycles. The molecule has 0 fully saturated rings. The summed E-state index contributed by atoms with van der Waals surface area (Å²) in [6.07, 6.45) is -0.601. The summed E-state index contributed by atoms with van der Waals surface area (Å²) in [5.74, 6) is -0.157. The SMILES string of the molecule is COC(C(=O)NCc1ccccc1CN)c1ccccc1. The third-order valence-corrected chi connectivity index (χ3v) is 3.37. The molecule has 1 atom stereocenters. The molecule has 110 valence electrons. The predicted octanol–water partition coefficient (Wildman–Crippen LogP) is 2.15. The van der Waals surface area contributed by atoms with Gasteiger partial charge in [0.25, 0.3) is 5.91 Å². The fourth-order valence-corrected chi connectivity index (χ4v) is 2.23. The minimum atomic E-state index is -0.601. The van der Waals surface area contributed by atoms with Crippen LogP contribution in [0.15, 0.2) is 54.6 Å². The summed E-state index contributed by atoms with van der Waals surface area (Å²) >= 11 is 0. The lowest BCUT2D eigenvalue weighted by atomic mass is 10.1. The van der Waals surface area contributed by atoms with Crippen molar-refractivity contribution in [3.63, 3.8) is 0 Å². The number of nitrogens with two attached hydrogens (primary N) is 1. The van der Waals surface area contributed by atoms with Gasteiger partial charge in [-0.05, 0) is 16.7 Å². The number of benzene rings is 2. The minimum absolute atomic E-state index is 0.157. The lowest BCUT2D eigenvalue weighted by Gasteiger charge is -2.16. The van der Waals surface area contributed by atoms with E-state index in [-0.39, 0.29) is 5.91 Å². The molecule has 0 aliphatic carbocycles. The van der Waals surface area contributed by atoms with Crippen molar-refractivity contribution in [2.75, 3.05) is 7.11 Å². The summed E-state index contributed by atoms with van der Waals surface area (Å²) in [5.41, 5.74) is 8.59. The second-order valence-electron chi connectivity index (χ2n) is 4.72. The normalized spacial score (nSPS) is 11.9.